The second-order valence-corrected chi connectivity index (χ2v) is 33.9. The molecule has 10 amide bonds. The van der Waals surface area contributed by atoms with Crippen molar-refractivity contribution < 1.29 is 186 Å². The Morgan fingerprint density at radius 1 is 0.255 bits per heavy atom. The second kappa shape index (κ2) is 71.5. The predicted octanol–water partition coefficient (Wildman–Crippen LogP) is 0.532. The Balaban J connectivity index is 1.68. The SMILES string of the molecule is COC(=O)CCCCCCCCCCC(=O)NC(COCCC(=O)NCCCNC(=O)CCCCO[C@@H]1OC(COC(C)=O)[C@H](OC(C)=O)[C@H](OC(C)=O)C1NC(C)=O)(COCCC(=O)NCCCNC(=O)CCCCO[C@@H]1OC(COC(C)=O)[C@H](OC(C)=O)[C@H](OC(C)=O)C1NC(C)=O)COCCC(=O)NCCCNC(=O)CCCCO[C@@H]1OC(COC(C)=O)[C@H](OC(C)=O)[C@H](OC(C)=O)C1NC(C)=O. The van der Waals surface area contributed by atoms with Crippen molar-refractivity contribution in [2.24, 2.45) is 0 Å². The highest BCUT2D eigenvalue weighted by molar-refractivity contribution is 5.80. The molecule has 141 heavy (non-hydrogen) atoms. The molecule has 3 saturated heterocycles. The van der Waals surface area contributed by atoms with Gasteiger partial charge in [0.2, 0.25) is 59.1 Å². The van der Waals surface area contributed by atoms with Crippen LogP contribution in [0.5, 0.6) is 0 Å². The van der Waals surface area contributed by atoms with E-state index in [9.17, 15) is 95.9 Å². The standard InChI is InChI=1S/C92H150N10O39/c1-57(103)99-80-86(136-66(10)112)83(133-63(7)109)69(51-130-60(4)106)139-89(80)127-45-25-22-31-72(115)93-39-28-42-96-75(118)36-48-124-54-92(102-78(121)34-20-18-16-14-15-17-19-21-35-79(122)123-13,55-125-49-37-76(119)97-43-29-40-94-73(116)32-23-26-46-128-90-81(100-58(2)104)87(137-67(11)113)84(134-64(8)110)70(140-90)52-131-61(5)107)56-126-50-38-77(120)98-44-30-41-95-74(117)33-24-27-47-129-91-82(101-59(3)105)88(138-68(12)114)85(135-65(9)111)71(141-91)53-132-62(6)108/h69-71,80-91H,14-56H2,1-13H3,(H,93,115)(H,94,116)(H,95,117)(H,96,118)(H,97,119)(H,98,120)(H,99,103)(H,100,104)(H,101,105)(H,102,121)/t69?,70?,71?,80?,81?,82?,83-,84-,85-,86+,87+,88+,89+,90+,91+,92?/m0/s1. The summed E-state index contributed by atoms with van der Waals surface area (Å²) < 4.78 is 107. The Hall–Kier alpha value is -11.0. The summed E-state index contributed by atoms with van der Waals surface area (Å²) in [5.74, 6) is -11.1. The van der Waals surface area contributed by atoms with Gasteiger partial charge in [-0.25, -0.2) is 0 Å². The zero-order valence-corrected chi connectivity index (χ0v) is 83.5. The van der Waals surface area contributed by atoms with Gasteiger partial charge in [-0.15, -0.1) is 0 Å². The number of unbranched alkanes of at least 4 members (excludes halogenated alkanes) is 10. The molecule has 0 aromatic carbocycles. The van der Waals surface area contributed by atoms with Crippen LogP contribution in [0.25, 0.3) is 0 Å². The van der Waals surface area contributed by atoms with E-state index in [0.29, 0.717) is 83.5 Å². The number of nitrogens with one attached hydrogen (secondary N) is 10. The number of amides is 10. The van der Waals surface area contributed by atoms with E-state index >= 15 is 0 Å². The molecule has 3 aliphatic heterocycles. The van der Waals surface area contributed by atoms with E-state index in [-0.39, 0.29) is 167 Å². The Morgan fingerprint density at radius 3 is 0.738 bits per heavy atom. The van der Waals surface area contributed by atoms with Crippen molar-refractivity contribution in [1.82, 2.24) is 53.2 Å². The third-order valence-electron chi connectivity index (χ3n) is 21.2. The summed E-state index contributed by atoms with van der Waals surface area (Å²) in [5, 5.41) is 27.7. The van der Waals surface area contributed by atoms with Crippen molar-refractivity contribution in [3.8, 4) is 0 Å². The summed E-state index contributed by atoms with van der Waals surface area (Å²) >= 11 is 0. The van der Waals surface area contributed by atoms with E-state index in [1.165, 1.54) is 27.9 Å². The van der Waals surface area contributed by atoms with E-state index in [1.807, 2.05) is 0 Å². The van der Waals surface area contributed by atoms with Gasteiger partial charge < -0.3 is 143 Å². The maximum absolute atomic E-state index is 14.1. The molecular formula is C92H150N10O39. The summed E-state index contributed by atoms with van der Waals surface area (Å²) in [7, 11) is 1.35. The average Bonchev–Trinajstić information content (AvgIpc) is 0.793. The highest BCUT2D eigenvalue weighted by Crippen LogP contribution is 2.32. The predicted molar refractivity (Wildman–Crippen MR) is 489 cm³/mol. The molecule has 0 aromatic rings. The summed E-state index contributed by atoms with van der Waals surface area (Å²) in [6.45, 7) is 12.1. The van der Waals surface area contributed by atoms with Gasteiger partial charge in [-0.05, 0) is 70.6 Å². The van der Waals surface area contributed by atoms with Crippen LogP contribution in [-0.4, -0.2) is 342 Å². The Morgan fingerprint density at radius 2 is 0.489 bits per heavy atom. The van der Waals surface area contributed by atoms with Gasteiger partial charge in [0.15, 0.2) is 55.5 Å². The van der Waals surface area contributed by atoms with Gasteiger partial charge in [0, 0.05) is 194 Å². The summed E-state index contributed by atoms with van der Waals surface area (Å²) in [6.07, 6.45) is -5.78. The number of ether oxygens (including phenoxy) is 19. The molecule has 0 radical (unpaired) electrons. The molecular weight excluding hydrogens is 1870 g/mol. The van der Waals surface area contributed by atoms with E-state index in [4.69, 9.17) is 90.0 Å². The number of carbonyl (C=O) groups excluding carboxylic acids is 20. The molecule has 15 atom stereocenters. The minimum atomic E-state index is -1.48. The Bertz CT molecular complexity index is 3590. The highest BCUT2D eigenvalue weighted by Gasteiger charge is 2.55. The quantitative estimate of drug-likeness (QED) is 0.0226. The van der Waals surface area contributed by atoms with Crippen LogP contribution in [0.2, 0.25) is 0 Å². The topological polar surface area (TPSA) is 637 Å². The van der Waals surface area contributed by atoms with Crippen molar-refractivity contribution in [3.05, 3.63) is 0 Å². The zero-order chi connectivity index (χ0) is 105. The molecule has 0 aromatic heterocycles. The van der Waals surface area contributed by atoms with Gasteiger partial charge in [0.05, 0.1) is 46.8 Å². The third kappa shape index (κ3) is 56.5. The Labute approximate surface area is 821 Å². The lowest BCUT2D eigenvalue weighted by atomic mass is 9.96. The zero-order valence-electron chi connectivity index (χ0n) is 83.5. The molecule has 3 aliphatic rings. The molecule has 3 heterocycles. The van der Waals surface area contributed by atoms with Gasteiger partial charge in [-0.2, -0.15) is 0 Å². The van der Waals surface area contributed by atoms with Crippen molar-refractivity contribution in [3.63, 3.8) is 0 Å². The third-order valence-corrected chi connectivity index (χ3v) is 21.2. The van der Waals surface area contributed by atoms with E-state index in [2.05, 4.69) is 53.2 Å². The van der Waals surface area contributed by atoms with Crippen molar-refractivity contribution in [1.29, 1.82) is 0 Å². The molecule has 0 saturated carbocycles. The number of methoxy groups -OCH3 is 1. The van der Waals surface area contributed by atoms with E-state index in [1.54, 1.807) is 0 Å². The lowest BCUT2D eigenvalue weighted by molar-refractivity contribution is -0.277. The largest absolute Gasteiger partial charge is 0.469 e. The first-order valence-electron chi connectivity index (χ1n) is 47.9. The van der Waals surface area contributed by atoms with Crippen LogP contribution in [0.4, 0.5) is 0 Å². The van der Waals surface area contributed by atoms with Crippen molar-refractivity contribution in [2.75, 3.05) is 126 Å². The van der Waals surface area contributed by atoms with Crippen LogP contribution in [0.1, 0.15) is 244 Å². The van der Waals surface area contributed by atoms with Gasteiger partial charge in [0.1, 0.15) is 61.8 Å². The van der Waals surface area contributed by atoms with Crippen molar-refractivity contribution >= 4 is 119 Å². The number of carbonyl (C=O) groups is 20. The van der Waals surface area contributed by atoms with Crippen LogP contribution in [-0.2, 0) is 186 Å². The van der Waals surface area contributed by atoms with Gasteiger partial charge in [-0.3, -0.25) is 95.9 Å². The molecule has 0 aliphatic carbocycles. The fraction of sp³-hybridized carbons (Fsp3) is 0.783. The van der Waals surface area contributed by atoms with Crippen LogP contribution >= 0.6 is 0 Å². The van der Waals surface area contributed by atoms with Crippen LogP contribution < -0.4 is 53.2 Å². The van der Waals surface area contributed by atoms with E-state index < -0.39 is 212 Å². The first-order valence-corrected chi connectivity index (χ1v) is 47.9. The molecule has 0 bridgehead atoms. The fourth-order valence-electron chi connectivity index (χ4n) is 14.8. The van der Waals surface area contributed by atoms with Crippen molar-refractivity contribution in [2.45, 2.75) is 341 Å². The fourth-order valence-corrected chi connectivity index (χ4v) is 14.8. The van der Waals surface area contributed by atoms with E-state index in [0.717, 1.165) is 94.4 Å². The molecule has 802 valence electrons. The number of esters is 10. The number of hydrogen-bond donors (Lipinski definition) is 10. The molecule has 49 nitrogen and oxygen atoms in total. The van der Waals surface area contributed by atoms with Crippen LogP contribution in [0.15, 0.2) is 0 Å². The number of rotatable bonds is 72. The van der Waals surface area contributed by atoms with Gasteiger partial charge >= 0.3 is 59.7 Å². The van der Waals surface area contributed by atoms with Crippen LogP contribution in [0.3, 0.4) is 0 Å². The maximum atomic E-state index is 14.1. The molecule has 6 unspecified atom stereocenters. The summed E-state index contributed by atoms with van der Waals surface area (Å²) in [4.78, 5) is 250. The molecule has 3 rings (SSSR count). The monoisotopic (exact) mass is 2020 g/mol. The Kier molecular flexibility index (Phi) is 63.0. The molecule has 0 spiro atoms. The minimum Gasteiger partial charge on any atom is -0.469 e. The average molecular weight is 2020 g/mol. The molecule has 10 N–H and O–H groups in total. The van der Waals surface area contributed by atoms with Gasteiger partial charge in [-0.1, -0.05) is 38.5 Å². The first-order chi connectivity index (χ1) is 67.1. The normalized spacial score (nSPS) is 21.1. The molecule has 49 heteroatoms. The first kappa shape index (κ1) is 124. The maximum Gasteiger partial charge on any atom is 0.305 e. The lowest BCUT2D eigenvalue weighted by Crippen LogP contribution is -2.66. The van der Waals surface area contributed by atoms with Gasteiger partial charge in [0.25, 0.3) is 0 Å². The minimum absolute atomic E-state index is 0.0149. The highest BCUT2D eigenvalue weighted by atomic mass is 16.7. The lowest BCUT2D eigenvalue weighted by Gasteiger charge is -2.44. The summed E-state index contributed by atoms with van der Waals surface area (Å²) in [6, 6.07) is -3.52. The smallest absolute Gasteiger partial charge is 0.305 e. The number of hydrogen-bond acceptors (Lipinski definition) is 39. The summed E-state index contributed by atoms with van der Waals surface area (Å²) in [5.41, 5.74) is -1.48. The second-order valence-electron chi connectivity index (χ2n) is 33.9. The molecule has 3 fully saturated rings. The van der Waals surface area contributed by atoms with Crippen LogP contribution in [0, 0.1) is 0 Å².